The minimum Gasteiger partial charge on any atom is -0.486 e. The van der Waals surface area contributed by atoms with E-state index in [1.54, 1.807) is 19.3 Å². The van der Waals surface area contributed by atoms with Crippen LogP contribution in [-0.2, 0) is 27.4 Å². The van der Waals surface area contributed by atoms with Crippen molar-refractivity contribution in [2.45, 2.75) is 20.1 Å². The van der Waals surface area contributed by atoms with Crippen LogP contribution in [0.25, 0.3) is 5.57 Å². The Labute approximate surface area is 155 Å². The van der Waals surface area contributed by atoms with Crippen LogP contribution >= 0.6 is 0 Å². The summed E-state index contributed by atoms with van der Waals surface area (Å²) in [6.45, 7) is 3.55. The fourth-order valence-electron chi connectivity index (χ4n) is 2.47. The van der Waals surface area contributed by atoms with Gasteiger partial charge in [-0.25, -0.2) is 9.78 Å². The summed E-state index contributed by atoms with van der Waals surface area (Å²) < 4.78 is 26.2. The fourth-order valence-corrected chi connectivity index (χ4v) is 2.47. The van der Waals surface area contributed by atoms with Crippen molar-refractivity contribution >= 4 is 5.57 Å². The first kappa shape index (κ1) is 18.9. The first-order chi connectivity index (χ1) is 13.2. The average molecular weight is 375 g/mol. The molecule has 1 aliphatic rings. The van der Waals surface area contributed by atoms with Crippen molar-refractivity contribution in [3.8, 4) is 0 Å². The van der Waals surface area contributed by atoms with E-state index in [1.807, 2.05) is 19.1 Å². The molecule has 9 nitrogen and oxygen atoms in total. The molecule has 2 aromatic rings. The number of hydrogen-bond acceptors (Lipinski definition) is 8. The molecule has 1 atom stereocenters. The van der Waals surface area contributed by atoms with E-state index in [-0.39, 0.29) is 12.5 Å². The molecule has 0 spiro atoms. The highest BCUT2D eigenvalue weighted by Crippen LogP contribution is 2.22. The number of hydrogen-bond donors (Lipinski definition) is 1. The highest BCUT2D eigenvalue weighted by molar-refractivity contribution is 5.70. The molecule has 3 rings (SSSR count). The van der Waals surface area contributed by atoms with Gasteiger partial charge >= 0.3 is 5.76 Å². The van der Waals surface area contributed by atoms with E-state index in [9.17, 15) is 4.79 Å². The van der Waals surface area contributed by atoms with Gasteiger partial charge in [0.2, 0.25) is 0 Å². The Balaban J connectivity index is 1.59. The van der Waals surface area contributed by atoms with Gasteiger partial charge in [-0.3, -0.25) is 9.51 Å². The smallest absolute Gasteiger partial charge is 0.439 e. The van der Waals surface area contributed by atoms with E-state index in [0.717, 1.165) is 5.57 Å². The normalized spacial score (nSPS) is 16.7. The van der Waals surface area contributed by atoms with Crippen molar-refractivity contribution in [1.82, 2.24) is 15.1 Å². The number of H-pyrrole nitrogens is 1. The van der Waals surface area contributed by atoms with Crippen LogP contribution in [-0.4, -0.2) is 35.4 Å². The molecule has 2 heterocycles. The third-order valence-electron chi connectivity index (χ3n) is 3.78. The van der Waals surface area contributed by atoms with Crippen LogP contribution in [0.3, 0.4) is 0 Å². The predicted octanol–water partition coefficient (Wildman–Crippen LogP) is 2.20. The van der Waals surface area contributed by atoms with E-state index >= 15 is 0 Å². The zero-order valence-electron chi connectivity index (χ0n) is 15.1. The minimum absolute atomic E-state index is 0.0665. The van der Waals surface area contributed by atoms with Gasteiger partial charge in [-0.2, -0.15) is 0 Å². The maximum atomic E-state index is 11.1. The minimum atomic E-state index is -0.591. The monoisotopic (exact) mass is 375 g/mol. The SMILES string of the molecule is COCCOCc1ncoc1COC1=CC(C)C=C(c2noc(=O)[nH]2)C=C1. The van der Waals surface area contributed by atoms with E-state index in [4.69, 9.17) is 18.6 Å². The zero-order chi connectivity index (χ0) is 19.1. The molecule has 0 bridgehead atoms. The van der Waals surface area contributed by atoms with Gasteiger partial charge in [0, 0.05) is 12.7 Å². The summed E-state index contributed by atoms with van der Waals surface area (Å²) in [5, 5.41) is 3.71. The first-order valence-electron chi connectivity index (χ1n) is 8.44. The Morgan fingerprint density at radius 2 is 2.11 bits per heavy atom. The number of methoxy groups -OCH3 is 1. The topological polar surface area (TPSA) is 113 Å². The van der Waals surface area contributed by atoms with E-state index in [0.29, 0.717) is 42.9 Å². The van der Waals surface area contributed by atoms with E-state index in [1.165, 1.54) is 6.39 Å². The lowest BCUT2D eigenvalue weighted by Crippen LogP contribution is -2.04. The van der Waals surface area contributed by atoms with Crippen molar-refractivity contribution in [2.24, 2.45) is 5.92 Å². The van der Waals surface area contributed by atoms with Crippen molar-refractivity contribution < 1.29 is 23.2 Å². The third-order valence-corrected chi connectivity index (χ3v) is 3.78. The molecule has 0 amide bonds. The maximum absolute atomic E-state index is 11.1. The standard InChI is InChI=1S/C18H21N3O6/c1-12-7-13(17-20-18(22)27-21-17)3-4-14(8-12)25-10-16-15(19-11-26-16)9-24-6-5-23-2/h3-4,7-8,11-12H,5-6,9-10H2,1-2H3,(H,20,21,22). The van der Waals surface area contributed by atoms with Gasteiger partial charge in [-0.05, 0) is 24.1 Å². The number of ether oxygens (including phenoxy) is 3. The molecule has 0 fully saturated rings. The Hall–Kier alpha value is -2.91. The number of allylic oxidation sites excluding steroid dienone is 5. The molecule has 0 aliphatic heterocycles. The lowest BCUT2D eigenvalue weighted by atomic mass is 10.1. The second-order valence-electron chi connectivity index (χ2n) is 5.88. The lowest BCUT2D eigenvalue weighted by molar-refractivity contribution is 0.0587. The summed E-state index contributed by atoms with van der Waals surface area (Å²) in [5.74, 6) is 1.13. The second kappa shape index (κ2) is 9.15. The van der Waals surface area contributed by atoms with Crippen molar-refractivity contribution in [2.75, 3.05) is 20.3 Å². The molecule has 1 aliphatic carbocycles. The summed E-state index contributed by atoms with van der Waals surface area (Å²) >= 11 is 0. The molecule has 0 radical (unpaired) electrons. The zero-order valence-corrected chi connectivity index (χ0v) is 15.1. The quantitative estimate of drug-likeness (QED) is 0.664. The van der Waals surface area contributed by atoms with Crippen LogP contribution in [0, 0.1) is 5.92 Å². The van der Waals surface area contributed by atoms with Gasteiger partial charge in [0.05, 0.1) is 19.8 Å². The van der Waals surface area contributed by atoms with Crippen molar-refractivity contribution in [3.05, 3.63) is 64.3 Å². The molecule has 27 heavy (non-hydrogen) atoms. The number of nitrogens with one attached hydrogen (secondary N) is 1. The summed E-state index contributed by atoms with van der Waals surface area (Å²) in [4.78, 5) is 17.8. The highest BCUT2D eigenvalue weighted by atomic mass is 16.5. The summed E-state index contributed by atoms with van der Waals surface area (Å²) in [5.41, 5.74) is 1.44. The van der Waals surface area contributed by atoms with Crippen LogP contribution < -0.4 is 5.76 Å². The highest BCUT2D eigenvalue weighted by Gasteiger charge is 2.13. The molecular formula is C18H21N3O6. The number of rotatable bonds is 9. The molecule has 0 aromatic carbocycles. The summed E-state index contributed by atoms with van der Waals surface area (Å²) in [6.07, 6.45) is 8.87. The molecule has 1 unspecified atom stereocenters. The number of aromatic amines is 1. The van der Waals surface area contributed by atoms with Gasteiger partial charge in [-0.1, -0.05) is 18.2 Å². The van der Waals surface area contributed by atoms with Crippen LogP contribution in [0.4, 0.5) is 0 Å². The second-order valence-corrected chi connectivity index (χ2v) is 5.88. The molecule has 0 saturated carbocycles. The maximum Gasteiger partial charge on any atom is 0.439 e. The molecule has 9 heteroatoms. The van der Waals surface area contributed by atoms with Crippen LogP contribution in [0.1, 0.15) is 24.2 Å². The van der Waals surface area contributed by atoms with Crippen LogP contribution in [0.15, 0.2) is 50.2 Å². The molecule has 1 N–H and O–H groups in total. The van der Waals surface area contributed by atoms with Gasteiger partial charge in [0.25, 0.3) is 0 Å². The molecule has 2 aromatic heterocycles. The lowest BCUT2D eigenvalue weighted by Gasteiger charge is -2.07. The molecule has 0 saturated heterocycles. The Bertz CT molecular complexity index is 889. The van der Waals surface area contributed by atoms with Gasteiger partial charge in [-0.15, -0.1) is 0 Å². The predicted molar refractivity (Wildman–Crippen MR) is 94.3 cm³/mol. The van der Waals surface area contributed by atoms with E-state index in [2.05, 4.69) is 19.6 Å². The third kappa shape index (κ3) is 5.28. The summed E-state index contributed by atoms with van der Waals surface area (Å²) in [7, 11) is 1.62. The largest absolute Gasteiger partial charge is 0.486 e. The molecular weight excluding hydrogens is 354 g/mol. The first-order valence-corrected chi connectivity index (χ1v) is 8.44. The Morgan fingerprint density at radius 1 is 1.22 bits per heavy atom. The number of oxazole rings is 1. The molecule has 144 valence electrons. The number of nitrogens with zero attached hydrogens (tertiary/aromatic N) is 2. The average Bonchev–Trinajstić information content (AvgIpc) is 3.24. The summed E-state index contributed by atoms with van der Waals surface area (Å²) in [6, 6.07) is 0. The van der Waals surface area contributed by atoms with Gasteiger partial charge < -0.3 is 18.6 Å². The number of aromatic nitrogens is 3. The van der Waals surface area contributed by atoms with Crippen LogP contribution in [0.2, 0.25) is 0 Å². The van der Waals surface area contributed by atoms with Crippen molar-refractivity contribution in [3.63, 3.8) is 0 Å². The Morgan fingerprint density at radius 3 is 2.89 bits per heavy atom. The van der Waals surface area contributed by atoms with E-state index < -0.39 is 5.76 Å². The van der Waals surface area contributed by atoms with Crippen LogP contribution in [0.5, 0.6) is 0 Å². The fraction of sp³-hybridized carbons (Fsp3) is 0.389. The Kier molecular flexibility index (Phi) is 6.39. The van der Waals surface area contributed by atoms with Gasteiger partial charge in [0.15, 0.2) is 18.0 Å². The van der Waals surface area contributed by atoms with Crippen molar-refractivity contribution in [1.29, 1.82) is 0 Å². The van der Waals surface area contributed by atoms with Gasteiger partial charge in [0.1, 0.15) is 18.1 Å².